The molecule has 1 unspecified atom stereocenters. The molecule has 1 aromatic carbocycles. The van der Waals surface area contributed by atoms with Crippen LogP contribution in [0, 0.1) is 0 Å². The van der Waals surface area contributed by atoms with Gasteiger partial charge in [-0.05, 0) is 38.1 Å². The van der Waals surface area contributed by atoms with Crippen LogP contribution in [0.2, 0.25) is 0 Å². The molecule has 1 atom stereocenters. The van der Waals surface area contributed by atoms with E-state index in [-0.39, 0.29) is 10.7 Å². The topological polar surface area (TPSA) is 76.1 Å². The van der Waals surface area contributed by atoms with E-state index in [0.717, 1.165) is 0 Å². The van der Waals surface area contributed by atoms with Crippen LogP contribution in [-0.2, 0) is 10.0 Å². The van der Waals surface area contributed by atoms with Gasteiger partial charge in [0.1, 0.15) is 0 Å². The Bertz CT molecular complexity index is 725. The Morgan fingerprint density at radius 3 is 2.33 bits per heavy atom. The highest BCUT2D eigenvalue weighted by Gasteiger charge is 2.19. The van der Waals surface area contributed by atoms with Crippen molar-refractivity contribution >= 4 is 15.8 Å². The number of carbonyl (C=O) groups is 1. The number of benzene rings is 1. The van der Waals surface area contributed by atoms with Gasteiger partial charge < -0.3 is 0 Å². The van der Waals surface area contributed by atoms with Crippen molar-refractivity contribution in [1.29, 1.82) is 0 Å². The zero-order chi connectivity index (χ0) is 15.5. The summed E-state index contributed by atoms with van der Waals surface area (Å²) in [4.78, 5) is 15.4. The molecular formula is C15H16N2O3S. The Hall–Kier alpha value is -2.05. The van der Waals surface area contributed by atoms with Gasteiger partial charge in [0.05, 0.1) is 16.6 Å². The van der Waals surface area contributed by atoms with Gasteiger partial charge in [-0.3, -0.25) is 9.78 Å². The van der Waals surface area contributed by atoms with Gasteiger partial charge >= 0.3 is 0 Å². The first kappa shape index (κ1) is 15.3. The Labute approximate surface area is 124 Å². The molecule has 0 bridgehead atoms. The third-order valence-electron chi connectivity index (χ3n) is 3.03. The fourth-order valence-electron chi connectivity index (χ4n) is 1.86. The van der Waals surface area contributed by atoms with Crippen molar-refractivity contribution in [3.8, 4) is 0 Å². The minimum atomic E-state index is -3.65. The van der Waals surface area contributed by atoms with Crippen LogP contribution in [-0.4, -0.2) is 19.2 Å². The maximum Gasteiger partial charge on any atom is 0.241 e. The van der Waals surface area contributed by atoms with E-state index in [2.05, 4.69) is 9.71 Å². The normalized spacial score (nSPS) is 12.9. The largest absolute Gasteiger partial charge is 0.295 e. The standard InChI is InChI=1S/C15H16N2O3S/c1-11(15-5-3-4-10-16-15)17-21(19,20)14-8-6-13(7-9-14)12(2)18/h3-11,17H,1-2H3. The number of nitrogens with one attached hydrogen (secondary N) is 1. The second-order valence-electron chi connectivity index (χ2n) is 4.68. The number of pyridine rings is 1. The van der Waals surface area contributed by atoms with E-state index in [0.29, 0.717) is 11.3 Å². The Morgan fingerprint density at radius 2 is 1.81 bits per heavy atom. The summed E-state index contributed by atoms with van der Waals surface area (Å²) in [5.74, 6) is -0.103. The molecule has 0 spiro atoms. The van der Waals surface area contributed by atoms with Crippen LogP contribution in [0.5, 0.6) is 0 Å². The Kier molecular flexibility index (Phi) is 4.50. The lowest BCUT2D eigenvalue weighted by Gasteiger charge is -2.13. The van der Waals surface area contributed by atoms with Gasteiger partial charge in [-0.25, -0.2) is 13.1 Å². The fourth-order valence-corrected chi connectivity index (χ4v) is 3.08. The van der Waals surface area contributed by atoms with Crippen molar-refractivity contribution in [2.75, 3.05) is 0 Å². The average Bonchev–Trinajstić information content (AvgIpc) is 2.48. The molecule has 1 N–H and O–H groups in total. The predicted octanol–water partition coefficient (Wildman–Crippen LogP) is 2.32. The number of sulfonamides is 1. The third-order valence-corrected chi connectivity index (χ3v) is 4.59. The average molecular weight is 304 g/mol. The molecule has 5 nitrogen and oxygen atoms in total. The number of carbonyl (C=O) groups excluding carboxylic acids is 1. The second-order valence-corrected chi connectivity index (χ2v) is 6.39. The summed E-state index contributed by atoms with van der Waals surface area (Å²) < 4.78 is 27.1. The number of Topliss-reactive ketones (excluding diaryl/α,β-unsaturated/α-hetero) is 1. The van der Waals surface area contributed by atoms with Crippen molar-refractivity contribution in [2.24, 2.45) is 0 Å². The maximum absolute atomic E-state index is 12.3. The Balaban J connectivity index is 2.20. The number of hydrogen-bond donors (Lipinski definition) is 1. The lowest BCUT2D eigenvalue weighted by molar-refractivity contribution is 0.101. The quantitative estimate of drug-likeness (QED) is 0.860. The molecule has 1 aromatic heterocycles. The fraction of sp³-hybridized carbons (Fsp3) is 0.200. The lowest BCUT2D eigenvalue weighted by Crippen LogP contribution is -2.27. The Morgan fingerprint density at radius 1 is 1.14 bits per heavy atom. The van der Waals surface area contributed by atoms with Crippen LogP contribution >= 0.6 is 0 Å². The SMILES string of the molecule is CC(=O)c1ccc(S(=O)(=O)NC(C)c2ccccn2)cc1. The van der Waals surface area contributed by atoms with Crippen LogP contribution < -0.4 is 4.72 Å². The van der Waals surface area contributed by atoms with E-state index in [1.165, 1.54) is 31.2 Å². The summed E-state index contributed by atoms with van der Waals surface area (Å²) in [6, 6.07) is 10.7. The summed E-state index contributed by atoms with van der Waals surface area (Å²) in [6.07, 6.45) is 1.61. The second kappa shape index (κ2) is 6.15. The first-order valence-electron chi connectivity index (χ1n) is 6.44. The van der Waals surface area contributed by atoms with E-state index in [1.54, 1.807) is 31.3 Å². The number of ketones is 1. The van der Waals surface area contributed by atoms with Crippen LogP contribution in [0.1, 0.15) is 35.9 Å². The highest BCUT2D eigenvalue weighted by molar-refractivity contribution is 7.89. The van der Waals surface area contributed by atoms with E-state index >= 15 is 0 Å². The highest BCUT2D eigenvalue weighted by Crippen LogP contribution is 2.16. The first-order valence-corrected chi connectivity index (χ1v) is 7.93. The molecule has 0 radical (unpaired) electrons. The van der Waals surface area contributed by atoms with Gasteiger partial charge in [0.25, 0.3) is 0 Å². The number of nitrogens with zero attached hydrogens (tertiary/aromatic N) is 1. The van der Waals surface area contributed by atoms with Gasteiger partial charge in [-0.15, -0.1) is 0 Å². The molecule has 0 aliphatic rings. The molecule has 2 aromatic rings. The van der Waals surface area contributed by atoms with Gasteiger partial charge in [0, 0.05) is 11.8 Å². The number of aromatic nitrogens is 1. The van der Waals surface area contributed by atoms with E-state index in [1.807, 2.05) is 0 Å². The molecule has 0 saturated carbocycles. The molecule has 21 heavy (non-hydrogen) atoms. The zero-order valence-corrected chi connectivity index (χ0v) is 12.6. The smallest absolute Gasteiger partial charge is 0.241 e. The van der Waals surface area contributed by atoms with Gasteiger partial charge in [0.2, 0.25) is 10.0 Å². The van der Waals surface area contributed by atoms with E-state index in [4.69, 9.17) is 0 Å². The lowest BCUT2D eigenvalue weighted by atomic mass is 10.2. The van der Waals surface area contributed by atoms with Crippen LogP contribution in [0.3, 0.4) is 0 Å². The number of hydrogen-bond acceptors (Lipinski definition) is 4. The van der Waals surface area contributed by atoms with E-state index in [9.17, 15) is 13.2 Å². The highest BCUT2D eigenvalue weighted by atomic mass is 32.2. The molecule has 6 heteroatoms. The van der Waals surface area contributed by atoms with Gasteiger partial charge in [0.15, 0.2) is 5.78 Å². The van der Waals surface area contributed by atoms with Crippen LogP contribution in [0.25, 0.3) is 0 Å². The molecule has 110 valence electrons. The molecule has 2 rings (SSSR count). The summed E-state index contributed by atoms with van der Waals surface area (Å²) in [5, 5.41) is 0. The van der Waals surface area contributed by atoms with Crippen molar-refractivity contribution in [2.45, 2.75) is 24.8 Å². The summed E-state index contributed by atoms with van der Waals surface area (Å²) in [6.45, 7) is 3.16. The first-order chi connectivity index (χ1) is 9.90. The van der Waals surface area contributed by atoms with Crippen molar-refractivity contribution in [1.82, 2.24) is 9.71 Å². The van der Waals surface area contributed by atoms with Crippen molar-refractivity contribution < 1.29 is 13.2 Å². The van der Waals surface area contributed by atoms with E-state index < -0.39 is 16.1 Å². The molecule has 0 fully saturated rings. The summed E-state index contributed by atoms with van der Waals surface area (Å²) in [5.41, 5.74) is 1.12. The third kappa shape index (κ3) is 3.74. The summed E-state index contributed by atoms with van der Waals surface area (Å²) >= 11 is 0. The minimum Gasteiger partial charge on any atom is -0.295 e. The monoisotopic (exact) mass is 304 g/mol. The minimum absolute atomic E-state index is 0.103. The predicted molar refractivity (Wildman–Crippen MR) is 79.4 cm³/mol. The van der Waals surface area contributed by atoms with Crippen LogP contribution in [0.15, 0.2) is 53.6 Å². The van der Waals surface area contributed by atoms with Gasteiger partial charge in [-0.2, -0.15) is 0 Å². The van der Waals surface area contributed by atoms with Crippen molar-refractivity contribution in [3.63, 3.8) is 0 Å². The molecule has 0 amide bonds. The molecule has 0 aliphatic heterocycles. The number of rotatable bonds is 5. The molecule has 1 heterocycles. The molecule has 0 aliphatic carbocycles. The van der Waals surface area contributed by atoms with Crippen LogP contribution in [0.4, 0.5) is 0 Å². The molecular weight excluding hydrogens is 288 g/mol. The summed E-state index contributed by atoms with van der Waals surface area (Å²) in [7, 11) is -3.65. The van der Waals surface area contributed by atoms with Crippen molar-refractivity contribution in [3.05, 3.63) is 59.9 Å². The maximum atomic E-state index is 12.3. The molecule has 0 saturated heterocycles. The van der Waals surface area contributed by atoms with Gasteiger partial charge in [-0.1, -0.05) is 18.2 Å². The zero-order valence-electron chi connectivity index (χ0n) is 11.8.